The maximum absolute atomic E-state index is 12.8. The highest BCUT2D eigenvalue weighted by molar-refractivity contribution is 7.94. The molecule has 0 unspecified atom stereocenters. The molecule has 3 rings (SSSR count). The molecule has 0 aliphatic rings. The second-order valence-corrected chi connectivity index (χ2v) is 11.8. The van der Waals surface area contributed by atoms with E-state index in [1.165, 1.54) is 6.07 Å². The van der Waals surface area contributed by atoms with Gasteiger partial charge in [-0.1, -0.05) is 52.5 Å². The summed E-state index contributed by atoms with van der Waals surface area (Å²) >= 11 is 24.6. The summed E-state index contributed by atoms with van der Waals surface area (Å²) in [4.78, 5) is -0.482. The van der Waals surface area contributed by atoms with Crippen molar-refractivity contribution in [1.29, 1.82) is 0 Å². The minimum Gasteiger partial charge on any atom is -0.505 e. The highest BCUT2D eigenvalue weighted by Gasteiger charge is 2.25. The third kappa shape index (κ3) is 4.75. The largest absolute Gasteiger partial charge is 0.505 e. The number of rotatable bonds is 6. The molecule has 0 saturated heterocycles. The summed E-state index contributed by atoms with van der Waals surface area (Å²) in [5, 5.41) is 10.7. The zero-order chi connectivity index (χ0) is 22.3. The Morgan fingerprint density at radius 3 is 1.90 bits per heavy atom. The van der Waals surface area contributed by atoms with Crippen LogP contribution >= 0.6 is 57.7 Å². The van der Waals surface area contributed by atoms with Crippen molar-refractivity contribution in [1.82, 2.24) is 0 Å². The molecule has 3 aromatic rings. The molecule has 0 amide bonds. The Morgan fingerprint density at radius 2 is 1.37 bits per heavy atom. The van der Waals surface area contributed by atoms with Gasteiger partial charge in [0.1, 0.15) is 14.1 Å². The highest BCUT2D eigenvalue weighted by Crippen LogP contribution is 2.39. The number of nitrogens with one attached hydrogen (secondary N) is 2. The first-order valence-electron chi connectivity index (χ1n) is 7.67. The third-order valence-corrected chi connectivity index (χ3v) is 9.32. The third-order valence-electron chi connectivity index (χ3n) is 3.63. The molecule has 7 nitrogen and oxygen atoms in total. The number of phenols is 1. The molecule has 0 radical (unpaired) electrons. The first-order chi connectivity index (χ1) is 13.9. The molecule has 0 saturated carbocycles. The van der Waals surface area contributed by atoms with Crippen molar-refractivity contribution in [2.45, 2.75) is 9.10 Å². The number of aromatic hydroxyl groups is 1. The second kappa shape index (κ2) is 8.62. The molecule has 0 fully saturated rings. The summed E-state index contributed by atoms with van der Waals surface area (Å²) in [6.07, 6.45) is 0. The summed E-state index contributed by atoms with van der Waals surface area (Å²) < 4.78 is 55.3. The average Bonchev–Trinajstić information content (AvgIpc) is 3.19. The molecule has 2 aromatic carbocycles. The van der Waals surface area contributed by atoms with Crippen LogP contribution in [0.4, 0.5) is 11.4 Å². The van der Waals surface area contributed by atoms with Crippen molar-refractivity contribution >= 4 is 89.2 Å². The van der Waals surface area contributed by atoms with Gasteiger partial charge in [-0.25, -0.2) is 16.8 Å². The molecule has 0 atom stereocenters. The lowest BCUT2D eigenvalue weighted by Crippen LogP contribution is -2.17. The summed E-state index contributed by atoms with van der Waals surface area (Å²) in [6.45, 7) is 0. The smallest absolute Gasteiger partial charge is 0.271 e. The summed E-state index contributed by atoms with van der Waals surface area (Å²) in [7, 11) is -8.39. The molecule has 1 heterocycles. The number of anilines is 2. The van der Waals surface area contributed by atoms with Gasteiger partial charge in [0.05, 0.1) is 26.4 Å². The SMILES string of the molecule is O=S(=O)(Nc1cc(Cl)c(Cl)cc1NS(=O)(=O)c1ccc(Cl)c(O)c1Cl)c1cccs1. The van der Waals surface area contributed by atoms with Crippen molar-refractivity contribution in [3.63, 3.8) is 0 Å². The van der Waals surface area contributed by atoms with E-state index in [-0.39, 0.29) is 30.7 Å². The van der Waals surface area contributed by atoms with E-state index in [0.717, 1.165) is 35.6 Å². The van der Waals surface area contributed by atoms with E-state index in [1.54, 1.807) is 11.4 Å². The lowest BCUT2D eigenvalue weighted by atomic mass is 10.3. The highest BCUT2D eigenvalue weighted by atomic mass is 35.5. The molecular formula is C16H10Cl4N2O5S3. The number of hydrogen-bond donors (Lipinski definition) is 3. The molecule has 3 N–H and O–H groups in total. The van der Waals surface area contributed by atoms with Crippen LogP contribution in [0, 0.1) is 0 Å². The van der Waals surface area contributed by atoms with Gasteiger partial charge < -0.3 is 5.11 Å². The van der Waals surface area contributed by atoms with E-state index in [1.807, 2.05) is 0 Å². The van der Waals surface area contributed by atoms with Gasteiger partial charge in [0.2, 0.25) is 0 Å². The Bertz CT molecular complexity index is 1330. The Balaban J connectivity index is 2.06. The number of thiophene rings is 1. The predicted molar refractivity (Wildman–Crippen MR) is 121 cm³/mol. The van der Waals surface area contributed by atoms with Gasteiger partial charge in [0.25, 0.3) is 20.0 Å². The standard InChI is InChI=1S/C16H10Cl4N2O5S3/c17-8-3-4-13(15(20)16(8)23)29(24,25)21-11-6-9(18)10(19)7-12(11)22-30(26,27)14-2-1-5-28-14/h1-7,21-23H. The molecule has 160 valence electrons. The Kier molecular flexibility index (Phi) is 6.68. The monoisotopic (exact) mass is 546 g/mol. The van der Waals surface area contributed by atoms with Crippen molar-refractivity contribution in [2.75, 3.05) is 9.44 Å². The van der Waals surface area contributed by atoms with Crippen LogP contribution in [-0.2, 0) is 20.0 Å². The van der Waals surface area contributed by atoms with Crippen molar-refractivity contribution in [2.24, 2.45) is 0 Å². The van der Waals surface area contributed by atoms with Gasteiger partial charge in [0, 0.05) is 0 Å². The van der Waals surface area contributed by atoms with E-state index in [2.05, 4.69) is 9.44 Å². The lowest BCUT2D eigenvalue weighted by Gasteiger charge is -2.16. The van der Waals surface area contributed by atoms with E-state index in [9.17, 15) is 21.9 Å². The zero-order valence-corrected chi connectivity index (χ0v) is 19.8. The molecule has 0 spiro atoms. The maximum Gasteiger partial charge on any atom is 0.271 e. The van der Waals surface area contributed by atoms with Gasteiger partial charge in [-0.15, -0.1) is 11.3 Å². The number of sulfonamides is 2. The second-order valence-electron chi connectivity index (χ2n) is 5.66. The van der Waals surface area contributed by atoms with Gasteiger partial charge in [0.15, 0.2) is 5.75 Å². The van der Waals surface area contributed by atoms with Gasteiger partial charge in [-0.2, -0.15) is 0 Å². The van der Waals surface area contributed by atoms with Crippen molar-refractivity contribution in [3.8, 4) is 5.75 Å². The molecule has 30 heavy (non-hydrogen) atoms. The fourth-order valence-electron chi connectivity index (χ4n) is 2.26. The van der Waals surface area contributed by atoms with E-state index < -0.39 is 35.7 Å². The fraction of sp³-hybridized carbons (Fsp3) is 0. The Hall–Kier alpha value is -1.40. The van der Waals surface area contributed by atoms with Gasteiger partial charge in [-0.3, -0.25) is 9.44 Å². The predicted octanol–water partition coefficient (Wildman–Crippen LogP) is 5.67. The molecule has 0 aliphatic heterocycles. The molecule has 0 aliphatic carbocycles. The van der Waals surface area contributed by atoms with Crippen LogP contribution in [-0.4, -0.2) is 21.9 Å². The topological polar surface area (TPSA) is 113 Å². The fourth-order valence-corrected chi connectivity index (χ4v) is 6.47. The summed E-state index contributed by atoms with van der Waals surface area (Å²) in [5.41, 5.74) is -0.384. The average molecular weight is 548 g/mol. The van der Waals surface area contributed by atoms with Crippen LogP contribution in [0.1, 0.15) is 0 Å². The minimum absolute atomic E-state index is 0.00745. The minimum atomic E-state index is -4.38. The first kappa shape index (κ1) is 23.3. The summed E-state index contributed by atoms with van der Waals surface area (Å²) in [6, 6.07) is 7.45. The summed E-state index contributed by atoms with van der Waals surface area (Å²) in [5.74, 6) is -0.617. The lowest BCUT2D eigenvalue weighted by molar-refractivity contribution is 0.474. The van der Waals surface area contributed by atoms with Gasteiger partial charge in [-0.05, 0) is 35.7 Å². The van der Waals surface area contributed by atoms with E-state index >= 15 is 0 Å². The zero-order valence-electron chi connectivity index (χ0n) is 14.4. The molecule has 14 heteroatoms. The number of hydrogen-bond acceptors (Lipinski definition) is 6. The normalized spacial score (nSPS) is 12.0. The quantitative estimate of drug-likeness (QED) is 0.368. The van der Waals surface area contributed by atoms with Crippen molar-refractivity contribution < 1.29 is 21.9 Å². The van der Waals surface area contributed by atoms with Crippen LogP contribution in [0.3, 0.4) is 0 Å². The van der Waals surface area contributed by atoms with E-state index in [4.69, 9.17) is 46.4 Å². The number of halogens is 4. The van der Waals surface area contributed by atoms with E-state index in [0.29, 0.717) is 0 Å². The van der Waals surface area contributed by atoms with Crippen LogP contribution in [0.25, 0.3) is 0 Å². The Labute approximate surface area is 196 Å². The van der Waals surface area contributed by atoms with Crippen LogP contribution < -0.4 is 9.44 Å². The van der Waals surface area contributed by atoms with Crippen molar-refractivity contribution in [3.05, 3.63) is 61.9 Å². The van der Waals surface area contributed by atoms with Crippen LogP contribution in [0.2, 0.25) is 20.1 Å². The van der Waals surface area contributed by atoms with Gasteiger partial charge >= 0.3 is 0 Å². The number of benzene rings is 2. The maximum atomic E-state index is 12.8. The van der Waals surface area contributed by atoms with Crippen LogP contribution in [0.5, 0.6) is 5.75 Å². The van der Waals surface area contributed by atoms with Crippen LogP contribution in [0.15, 0.2) is 50.9 Å². The Morgan fingerprint density at radius 1 is 0.800 bits per heavy atom. The first-order valence-corrected chi connectivity index (χ1v) is 13.0. The molecule has 1 aromatic heterocycles. The number of phenolic OH excluding ortho intramolecular Hbond substituents is 1. The molecular weight excluding hydrogens is 538 g/mol. The molecule has 0 bridgehead atoms.